The molecule has 0 spiro atoms. The Balaban J connectivity index is 1.68. The van der Waals surface area contributed by atoms with E-state index < -0.39 is 23.4 Å². The van der Waals surface area contributed by atoms with Crippen molar-refractivity contribution in [3.05, 3.63) is 63.7 Å². The van der Waals surface area contributed by atoms with E-state index >= 15 is 0 Å². The lowest BCUT2D eigenvalue weighted by atomic mass is 9.89. The van der Waals surface area contributed by atoms with Crippen LogP contribution in [0.3, 0.4) is 0 Å². The Morgan fingerprint density at radius 3 is 2.83 bits per heavy atom. The maximum Gasteiger partial charge on any atom is 0.294 e. The van der Waals surface area contributed by atoms with Gasteiger partial charge in [0.2, 0.25) is 5.91 Å². The number of carbonyl (C=O) groups excluding carboxylic acids is 1. The van der Waals surface area contributed by atoms with E-state index in [2.05, 4.69) is 10.2 Å². The first-order valence-corrected chi connectivity index (χ1v) is 12.4. The summed E-state index contributed by atoms with van der Waals surface area (Å²) in [5.74, 6) is -0.0511. The monoisotopic (exact) mass is 526 g/mol. The molecular weight excluding hydrogens is 492 g/mol. The summed E-state index contributed by atoms with van der Waals surface area (Å²) >= 11 is 5.92. The third-order valence-electron chi connectivity index (χ3n) is 5.88. The molecule has 1 aromatic carbocycles. The van der Waals surface area contributed by atoms with E-state index in [1.165, 1.54) is 0 Å². The zero-order valence-electron chi connectivity index (χ0n) is 20.1. The lowest BCUT2D eigenvalue weighted by molar-refractivity contribution is -0.757. The highest BCUT2D eigenvalue weighted by atomic mass is 35.5. The quantitative estimate of drug-likeness (QED) is 0.111. The van der Waals surface area contributed by atoms with Crippen molar-refractivity contribution in [2.24, 2.45) is 11.8 Å². The molecule has 1 aliphatic rings. The fourth-order valence-corrected chi connectivity index (χ4v) is 4.22. The summed E-state index contributed by atoms with van der Waals surface area (Å²) in [6.45, 7) is 0.303. The molecule has 0 aromatic heterocycles. The van der Waals surface area contributed by atoms with Crippen LogP contribution in [0.4, 0.5) is 0 Å². The predicted octanol–water partition coefficient (Wildman–Crippen LogP) is 2.83. The maximum atomic E-state index is 11.8. The Kier molecular flexibility index (Phi) is 13.3. The van der Waals surface area contributed by atoms with Crippen LogP contribution in [0.25, 0.3) is 0 Å². The van der Waals surface area contributed by atoms with Gasteiger partial charge < -0.3 is 30.2 Å². The first-order valence-electron chi connectivity index (χ1n) is 12.1. The first kappa shape index (κ1) is 29.6. The van der Waals surface area contributed by atoms with Crippen LogP contribution < -0.4 is 10.1 Å². The molecule has 11 heteroatoms. The van der Waals surface area contributed by atoms with E-state index in [4.69, 9.17) is 16.3 Å². The Bertz CT molecular complexity index is 881. The second kappa shape index (κ2) is 16.2. The number of halogens is 1. The zero-order valence-corrected chi connectivity index (χ0v) is 20.8. The minimum atomic E-state index is -0.878. The average Bonchev–Trinajstić information content (AvgIpc) is 3.10. The maximum absolute atomic E-state index is 11.8. The number of benzene rings is 1. The summed E-state index contributed by atoms with van der Waals surface area (Å²) in [6, 6.07) is 6.88. The topological polar surface area (TPSA) is 151 Å². The number of unbranched alkanes of at least 4 members (excludes halogenated alkanes) is 1. The molecule has 2 rings (SSSR count). The van der Waals surface area contributed by atoms with Crippen molar-refractivity contribution >= 4 is 17.5 Å². The molecule has 5 atom stereocenters. The molecule has 1 aromatic rings. The van der Waals surface area contributed by atoms with Gasteiger partial charge in [0, 0.05) is 30.3 Å². The lowest BCUT2D eigenvalue weighted by Crippen LogP contribution is -2.25. The van der Waals surface area contributed by atoms with Crippen LogP contribution in [0.5, 0.6) is 5.75 Å². The van der Waals surface area contributed by atoms with E-state index in [0.29, 0.717) is 49.4 Å². The molecule has 0 saturated heterocycles. The zero-order chi connectivity index (χ0) is 26.3. The van der Waals surface area contributed by atoms with Crippen LogP contribution in [0.15, 0.2) is 48.6 Å². The van der Waals surface area contributed by atoms with Gasteiger partial charge in [0.15, 0.2) is 0 Å². The molecule has 0 bridgehead atoms. The smallest absolute Gasteiger partial charge is 0.294 e. The van der Waals surface area contributed by atoms with Crippen molar-refractivity contribution in [3.63, 3.8) is 0 Å². The first-order chi connectivity index (χ1) is 17.3. The largest absolute Gasteiger partial charge is 0.491 e. The van der Waals surface area contributed by atoms with Crippen molar-refractivity contribution in [1.82, 2.24) is 5.32 Å². The fraction of sp³-hybridized carbons (Fsp3) is 0.560. The summed E-state index contributed by atoms with van der Waals surface area (Å²) in [5.41, 5.74) is 0. The van der Waals surface area contributed by atoms with Crippen LogP contribution in [-0.2, 0) is 9.63 Å². The minimum absolute atomic E-state index is 0.0347. The van der Waals surface area contributed by atoms with Crippen LogP contribution in [0, 0.1) is 22.0 Å². The number of ether oxygens (including phenoxy) is 1. The summed E-state index contributed by atoms with van der Waals surface area (Å²) in [6.07, 6.45) is 7.85. The Hall–Kier alpha value is -2.66. The minimum Gasteiger partial charge on any atom is -0.491 e. The summed E-state index contributed by atoms with van der Waals surface area (Å²) < 4.78 is 5.53. The van der Waals surface area contributed by atoms with Crippen LogP contribution in [0.2, 0.25) is 5.02 Å². The number of allylic oxidation sites excluding steroid dienone is 2. The van der Waals surface area contributed by atoms with E-state index in [1.807, 2.05) is 12.2 Å². The predicted molar refractivity (Wildman–Crippen MR) is 134 cm³/mol. The third kappa shape index (κ3) is 11.4. The molecule has 1 fully saturated rings. The van der Waals surface area contributed by atoms with Gasteiger partial charge in [-0.2, -0.15) is 0 Å². The van der Waals surface area contributed by atoms with Crippen molar-refractivity contribution in [2.75, 3.05) is 19.8 Å². The van der Waals surface area contributed by atoms with E-state index in [9.17, 15) is 30.2 Å². The number of hydrogen-bond donors (Lipinski definition) is 4. The molecule has 0 unspecified atom stereocenters. The number of amides is 1. The third-order valence-corrected chi connectivity index (χ3v) is 6.11. The van der Waals surface area contributed by atoms with Crippen molar-refractivity contribution in [1.29, 1.82) is 0 Å². The van der Waals surface area contributed by atoms with Crippen LogP contribution in [-0.4, -0.2) is 64.4 Å². The van der Waals surface area contributed by atoms with Gasteiger partial charge in [0.05, 0.1) is 18.8 Å². The van der Waals surface area contributed by atoms with Gasteiger partial charge in [0.1, 0.15) is 18.5 Å². The molecule has 0 heterocycles. The number of nitrogens with zero attached hydrogens (tertiary/aromatic N) is 1. The number of carbonyl (C=O) groups is 1. The van der Waals surface area contributed by atoms with Gasteiger partial charge in [-0.3, -0.25) is 4.79 Å². The Morgan fingerprint density at radius 2 is 2.08 bits per heavy atom. The van der Waals surface area contributed by atoms with Crippen molar-refractivity contribution < 1.29 is 34.8 Å². The summed E-state index contributed by atoms with van der Waals surface area (Å²) in [5, 5.41) is 43.4. The lowest BCUT2D eigenvalue weighted by Gasteiger charge is -2.19. The number of nitrogens with one attached hydrogen (secondary N) is 1. The molecule has 4 N–H and O–H groups in total. The van der Waals surface area contributed by atoms with Gasteiger partial charge in [-0.05, 0) is 49.8 Å². The fourth-order valence-electron chi connectivity index (χ4n) is 4.04. The molecule has 0 radical (unpaired) electrons. The molecule has 200 valence electrons. The highest BCUT2D eigenvalue weighted by molar-refractivity contribution is 6.30. The molecular formula is C25H35ClN2O8. The number of hydrogen-bond acceptors (Lipinski definition) is 8. The second-order valence-corrected chi connectivity index (χ2v) is 9.13. The van der Waals surface area contributed by atoms with Crippen LogP contribution >= 0.6 is 11.6 Å². The van der Waals surface area contributed by atoms with Crippen molar-refractivity contribution in [3.8, 4) is 5.75 Å². The number of aliphatic hydroxyl groups is 3. The highest BCUT2D eigenvalue weighted by Gasteiger charge is 2.39. The van der Waals surface area contributed by atoms with Gasteiger partial charge in [0.25, 0.3) is 5.09 Å². The number of aliphatic hydroxyl groups excluding tert-OH is 3. The van der Waals surface area contributed by atoms with Gasteiger partial charge in [-0.25, -0.2) is 0 Å². The Morgan fingerprint density at radius 1 is 1.28 bits per heavy atom. The molecule has 1 amide bonds. The Labute approximate surface area is 215 Å². The van der Waals surface area contributed by atoms with E-state index in [0.717, 1.165) is 0 Å². The molecule has 36 heavy (non-hydrogen) atoms. The van der Waals surface area contributed by atoms with Gasteiger partial charge in [-0.1, -0.05) is 42.0 Å². The summed E-state index contributed by atoms with van der Waals surface area (Å²) in [4.78, 5) is 26.0. The molecule has 0 aliphatic heterocycles. The van der Waals surface area contributed by atoms with Crippen molar-refractivity contribution in [2.45, 2.75) is 56.8 Å². The van der Waals surface area contributed by atoms with E-state index in [1.54, 1.807) is 36.4 Å². The standard InChI is InChI=1S/C25H35ClN2O8/c26-18-7-5-8-20(15-18)35-17-19(29)11-12-22-21(23(30)16-24(22)31)9-3-1-2-4-10-25(32)27-13-6-14-36-28(33)34/h1,3,5,7-8,11-12,15,19,21-24,29-31H,2,4,6,9-10,13-14,16-17H2,(H,27,32)/t19-,21-,22-,23+,24-/m1/s1. The average molecular weight is 527 g/mol. The second-order valence-electron chi connectivity index (χ2n) is 8.69. The highest BCUT2D eigenvalue weighted by Crippen LogP contribution is 2.36. The summed E-state index contributed by atoms with van der Waals surface area (Å²) in [7, 11) is 0. The molecule has 10 nitrogen and oxygen atoms in total. The molecule has 1 aliphatic carbocycles. The SMILES string of the molecule is O=C(CCCC=CC[C@@H]1[C@@H](C=C[C@@H](O)COc2cccc(Cl)c2)[C@H](O)C[C@@H]1O)NCCCO[N+](=O)[O-]. The molecule has 1 saturated carbocycles. The van der Waals surface area contributed by atoms with Crippen LogP contribution in [0.1, 0.15) is 38.5 Å². The number of rotatable bonds is 16. The van der Waals surface area contributed by atoms with E-state index in [-0.39, 0.29) is 37.4 Å². The van der Waals surface area contributed by atoms with Gasteiger partial charge in [-0.15, -0.1) is 10.1 Å². The van der Waals surface area contributed by atoms with Gasteiger partial charge >= 0.3 is 0 Å². The normalized spacial score (nSPS) is 22.7.